The molecule has 1 aromatic rings. The third-order valence-corrected chi connectivity index (χ3v) is 3.38. The molecule has 106 valence electrons. The molecule has 0 radical (unpaired) electrons. The van der Waals surface area contributed by atoms with Gasteiger partial charge in [0.25, 0.3) is 0 Å². The summed E-state index contributed by atoms with van der Waals surface area (Å²) in [5.41, 5.74) is 2.24. The van der Waals surface area contributed by atoms with E-state index in [4.69, 9.17) is 9.47 Å². The summed E-state index contributed by atoms with van der Waals surface area (Å²) < 4.78 is 11.2. The third-order valence-electron chi connectivity index (χ3n) is 3.38. The van der Waals surface area contributed by atoms with Gasteiger partial charge in [-0.3, -0.25) is 0 Å². The molecule has 1 aliphatic heterocycles. The summed E-state index contributed by atoms with van der Waals surface area (Å²) in [5, 5.41) is 3.32. The Morgan fingerprint density at radius 2 is 2.16 bits per heavy atom. The van der Waals surface area contributed by atoms with Gasteiger partial charge in [-0.25, -0.2) is 4.98 Å². The van der Waals surface area contributed by atoms with Gasteiger partial charge in [-0.15, -0.1) is 0 Å². The Labute approximate surface area is 115 Å². The van der Waals surface area contributed by atoms with E-state index in [0.29, 0.717) is 5.92 Å². The standard InChI is InChI=1S/C15H24N2O2/c1-3-16-10-14-8-12(2)17-15(9-14)19-11-13-4-6-18-7-5-13/h8-9,13,16H,3-7,10-11H2,1-2H3. The first kappa shape index (κ1) is 14.3. The Balaban J connectivity index is 1.89. The minimum Gasteiger partial charge on any atom is -0.477 e. The number of hydrogen-bond donors (Lipinski definition) is 1. The second-order valence-corrected chi connectivity index (χ2v) is 5.10. The first-order valence-electron chi connectivity index (χ1n) is 7.16. The van der Waals surface area contributed by atoms with Crippen LogP contribution >= 0.6 is 0 Å². The molecule has 19 heavy (non-hydrogen) atoms. The van der Waals surface area contributed by atoms with Crippen LogP contribution in [0.1, 0.15) is 31.0 Å². The van der Waals surface area contributed by atoms with Crippen LogP contribution in [0.4, 0.5) is 0 Å². The Kier molecular flexibility index (Phi) is 5.61. The largest absolute Gasteiger partial charge is 0.477 e. The molecular weight excluding hydrogens is 240 g/mol. The molecule has 0 aromatic carbocycles. The van der Waals surface area contributed by atoms with Crippen LogP contribution in [0.2, 0.25) is 0 Å². The van der Waals surface area contributed by atoms with Crippen LogP contribution in [-0.4, -0.2) is 31.3 Å². The highest BCUT2D eigenvalue weighted by Gasteiger charge is 2.14. The quantitative estimate of drug-likeness (QED) is 0.856. The summed E-state index contributed by atoms with van der Waals surface area (Å²) in [6.45, 7) is 8.43. The molecule has 1 aliphatic rings. The summed E-state index contributed by atoms with van der Waals surface area (Å²) in [6.07, 6.45) is 2.19. The van der Waals surface area contributed by atoms with Crippen molar-refractivity contribution in [2.24, 2.45) is 5.92 Å². The van der Waals surface area contributed by atoms with Crippen LogP contribution in [0.5, 0.6) is 5.88 Å². The molecule has 1 N–H and O–H groups in total. The molecule has 4 heteroatoms. The van der Waals surface area contributed by atoms with E-state index in [2.05, 4.69) is 23.3 Å². The molecular formula is C15H24N2O2. The molecule has 0 atom stereocenters. The van der Waals surface area contributed by atoms with Gasteiger partial charge in [0.15, 0.2) is 0 Å². The zero-order valence-corrected chi connectivity index (χ0v) is 11.9. The van der Waals surface area contributed by atoms with Crippen molar-refractivity contribution in [1.29, 1.82) is 0 Å². The highest BCUT2D eigenvalue weighted by Crippen LogP contribution is 2.18. The van der Waals surface area contributed by atoms with Gasteiger partial charge >= 0.3 is 0 Å². The molecule has 2 rings (SSSR count). The Morgan fingerprint density at radius 1 is 1.37 bits per heavy atom. The van der Waals surface area contributed by atoms with Gasteiger partial charge in [0.05, 0.1) is 6.61 Å². The number of nitrogens with zero attached hydrogens (tertiary/aromatic N) is 1. The molecule has 0 unspecified atom stereocenters. The molecule has 1 aromatic heterocycles. The second kappa shape index (κ2) is 7.46. The zero-order valence-electron chi connectivity index (χ0n) is 11.9. The highest BCUT2D eigenvalue weighted by atomic mass is 16.5. The lowest BCUT2D eigenvalue weighted by atomic mass is 10.0. The van der Waals surface area contributed by atoms with E-state index in [-0.39, 0.29) is 0 Å². The van der Waals surface area contributed by atoms with Gasteiger partial charge in [-0.1, -0.05) is 6.92 Å². The van der Waals surface area contributed by atoms with Gasteiger partial charge < -0.3 is 14.8 Å². The number of aromatic nitrogens is 1. The van der Waals surface area contributed by atoms with Crippen LogP contribution in [0.25, 0.3) is 0 Å². The van der Waals surface area contributed by atoms with E-state index in [1.54, 1.807) is 0 Å². The van der Waals surface area contributed by atoms with Crippen molar-refractivity contribution in [3.8, 4) is 5.88 Å². The minimum absolute atomic E-state index is 0.605. The van der Waals surface area contributed by atoms with Crippen LogP contribution in [0.3, 0.4) is 0 Å². The second-order valence-electron chi connectivity index (χ2n) is 5.10. The van der Waals surface area contributed by atoms with Gasteiger partial charge in [0.1, 0.15) is 0 Å². The molecule has 0 saturated carbocycles. The predicted molar refractivity (Wildman–Crippen MR) is 75.4 cm³/mol. The van der Waals surface area contributed by atoms with Crippen molar-refractivity contribution in [2.75, 3.05) is 26.4 Å². The van der Waals surface area contributed by atoms with Crippen LogP contribution < -0.4 is 10.1 Å². The lowest BCUT2D eigenvalue weighted by Gasteiger charge is -2.22. The highest BCUT2D eigenvalue weighted by molar-refractivity contribution is 5.24. The number of hydrogen-bond acceptors (Lipinski definition) is 4. The monoisotopic (exact) mass is 264 g/mol. The SMILES string of the molecule is CCNCc1cc(C)nc(OCC2CCOCC2)c1. The zero-order chi connectivity index (χ0) is 13.5. The Morgan fingerprint density at radius 3 is 2.89 bits per heavy atom. The van der Waals surface area contributed by atoms with E-state index < -0.39 is 0 Å². The maximum atomic E-state index is 5.85. The predicted octanol–water partition coefficient (Wildman–Crippen LogP) is 2.30. The molecule has 1 fully saturated rings. The van der Waals surface area contributed by atoms with E-state index in [9.17, 15) is 0 Å². The topological polar surface area (TPSA) is 43.4 Å². The first-order valence-corrected chi connectivity index (χ1v) is 7.16. The van der Waals surface area contributed by atoms with Crippen molar-refractivity contribution in [3.63, 3.8) is 0 Å². The van der Waals surface area contributed by atoms with Gasteiger partial charge in [-0.05, 0) is 43.9 Å². The maximum absolute atomic E-state index is 5.85. The molecule has 0 aliphatic carbocycles. The smallest absolute Gasteiger partial charge is 0.213 e. The molecule has 1 saturated heterocycles. The van der Waals surface area contributed by atoms with E-state index in [0.717, 1.165) is 57.3 Å². The summed E-state index contributed by atoms with van der Waals surface area (Å²) in [4.78, 5) is 4.45. The summed E-state index contributed by atoms with van der Waals surface area (Å²) in [6, 6.07) is 4.14. The van der Waals surface area contributed by atoms with E-state index in [1.807, 2.05) is 13.0 Å². The average Bonchev–Trinajstić information content (AvgIpc) is 2.43. The van der Waals surface area contributed by atoms with Crippen LogP contribution in [0, 0.1) is 12.8 Å². The van der Waals surface area contributed by atoms with Gasteiger partial charge in [-0.2, -0.15) is 0 Å². The van der Waals surface area contributed by atoms with Gasteiger partial charge in [0, 0.05) is 31.5 Å². The van der Waals surface area contributed by atoms with Crippen molar-refractivity contribution in [1.82, 2.24) is 10.3 Å². The van der Waals surface area contributed by atoms with Crippen molar-refractivity contribution < 1.29 is 9.47 Å². The number of rotatable bonds is 6. The Hall–Kier alpha value is -1.13. The van der Waals surface area contributed by atoms with Crippen molar-refractivity contribution in [3.05, 3.63) is 23.4 Å². The average molecular weight is 264 g/mol. The Bertz CT molecular complexity index is 390. The van der Waals surface area contributed by atoms with Crippen LogP contribution in [-0.2, 0) is 11.3 Å². The van der Waals surface area contributed by atoms with Crippen molar-refractivity contribution >= 4 is 0 Å². The number of aryl methyl sites for hydroxylation is 1. The fraction of sp³-hybridized carbons (Fsp3) is 0.667. The maximum Gasteiger partial charge on any atom is 0.213 e. The van der Waals surface area contributed by atoms with Gasteiger partial charge in [0.2, 0.25) is 5.88 Å². The lowest BCUT2D eigenvalue weighted by molar-refractivity contribution is 0.0490. The number of pyridine rings is 1. The van der Waals surface area contributed by atoms with Crippen molar-refractivity contribution in [2.45, 2.75) is 33.2 Å². The lowest BCUT2D eigenvalue weighted by Crippen LogP contribution is -2.21. The summed E-state index contributed by atoms with van der Waals surface area (Å²) in [5.74, 6) is 1.35. The fourth-order valence-corrected chi connectivity index (χ4v) is 2.27. The molecule has 0 spiro atoms. The third kappa shape index (κ3) is 4.80. The molecule has 2 heterocycles. The number of nitrogens with one attached hydrogen (secondary N) is 1. The molecule has 0 bridgehead atoms. The fourth-order valence-electron chi connectivity index (χ4n) is 2.27. The normalized spacial score (nSPS) is 16.5. The van der Waals surface area contributed by atoms with Crippen LogP contribution in [0.15, 0.2) is 12.1 Å². The molecule has 0 amide bonds. The minimum atomic E-state index is 0.605. The van der Waals surface area contributed by atoms with E-state index in [1.165, 1.54) is 5.56 Å². The summed E-state index contributed by atoms with van der Waals surface area (Å²) in [7, 11) is 0. The first-order chi connectivity index (χ1) is 9.28. The number of ether oxygens (including phenoxy) is 2. The summed E-state index contributed by atoms with van der Waals surface area (Å²) >= 11 is 0. The van der Waals surface area contributed by atoms with E-state index >= 15 is 0 Å². The molecule has 4 nitrogen and oxygen atoms in total.